The molecular weight excluding hydrogens is 292 g/mol. The number of ether oxygens (including phenoxy) is 1. The average molecular weight is 302 g/mol. The number of thiazole rings is 1. The van der Waals surface area contributed by atoms with Crippen LogP contribution in [0.3, 0.4) is 0 Å². The molecule has 2 heterocycles. The summed E-state index contributed by atoms with van der Waals surface area (Å²) in [6, 6.07) is 6.53. The number of carbonyl (C=O) groups excluding carboxylic acids is 1. The lowest BCUT2D eigenvalue weighted by Crippen LogP contribution is -2.20. The topological polar surface area (TPSA) is 81.4 Å². The molecule has 3 rings (SSSR count). The fourth-order valence-electron chi connectivity index (χ4n) is 1.83. The summed E-state index contributed by atoms with van der Waals surface area (Å²) < 4.78 is 10.2. The van der Waals surface area contributed by atoms with Crippen LogP contribution >= 0.6 is 11.3 Å². The number of anilines is 1. The van der Waals surface area contributed by atoms with Crippen molar-refractivity contribution < 1.29 is 13.9 Å². The van der Waals surface area contributed by atoms with Gasteiger partial charge < -0.3 is 9.15 Å². The number of rotatable bonds is 3. The van der Waals surface area contributed by atoms with Gasteiger partial charge >= 0.3 is 5.63 Å². The molecule has 0 unspecified atom stereocenters. The van der Waals surface area contributed by atoms with Crippen LogP contribution in [0.25, 0.3) is 11.0 Å². The summed E-state index contributed by atoms with van der Waals surface area (Å²) in [6.07, 6.45) is 1.56. The van der Waals surface area contributed by atoms with Crippen molar-refractivity contribution in [2.45, 2.75) is 0 Å². The van der Waals surface area contributed by atoms with Crippen LogP contribution in [0.5, 0.6) is 5.75 Å². The number of carbonyl (C=O) groups is 1. The summed E-state index contributed by atoms with van der Waals surface area (Å²) >= 11 is 1.27. The number of benzene rings is 1. The van der Waals surface area contributed by atoms with Crippen molar-refractivity contribution in [3.05, 3.63) is 51.8 Å². The predicted octanol–water partition coefficient (Wildman–Crippen LogP) is 2.51. The SMILES string of the molecule is COc1ccc2cc(C(=O)Nc3nccs3)c(=O)oc2c1. The average Bonchev–Trinajstić information content (AvgIpc) is 2.98. The van der Waals surface area contributed by atoms with Gasteiger partial charge in [0.15, 0.2) is 5.13 Å². The molecule has 0 fully saturated rings. The molecule has 3 aromatic rings. The van der Waals surface area contributed by atoms with Crippen LogP contribution in [0.4, 0.5) is 5.13 Å². The van der Waals surface area contributed by atoms with Crippen molar-refractivity contribution in [1.29, 1.82) is 0 Å². The number of nitrogens with one attached hydrogen (secondary N) is 1. The van der Waals surface area contributed by atoms with Gasteiger partial charge in [-0.1, -0.05) is 0 Å². The van der Waals surface area contributed by atoms with Crippen LogP contribution in [-0.2, 0) is 0 Å². The van der Waals surface area contributed by atoms with Crippen LogP contribution in [0.15, 0.2) is 45.1 Å². The first-order chi connectivity index (χ1) is 10.2. The van der Waals surface area contributed by atoms with E-state index in [1.165, 1.54) is 24.5 Å². The third kappa shape index (κ3) is 2.63. The van der Waals surface area contributed by atoms with E-state index in [0.717, 1.165) is 0 Å². The van der Waals surface area contributed by atoms with Gasteiger partial charge in [0.05, 0.1) is 7.11 Å². The quantitative estimate of drug-likeness (QED) is 0.752. The van der Waals surface area contributed by atoms with E-state index in [-0.39, 0.29) is 5.56 Å². The Kier molecular flexibility index (Phi) is 3.41. The smallest absolute Gasteiger partial charge is 0.349 e. The molecule has 1 amide bonds. The van der Waals surface area contributed by atoms with Crippen LogP contribution in [0.2, 0.25) is 0 Å². The van der Waals surface area contributed by atoms with Gasteiger partial charge in [0.1, 0.15) is 16.9 Å². The minimum Gasteiger partial charge on any atom is -0.497 e. The minimum atomic E-state index is -0.704. The van der Waals surface area contributed by atoms with E-state index in [1.54, 1.807) is 29.8 Å². The van der Waals surface area contributed by atoms with E-state index in [4.69, 9.17) is 9.15 Å². The molecule has 0 atom stereocenters. The summed E-state index contributed by atoms with van der Waals surface area (Å²) in [6.45, 7) is 0. The Balaban J connectivity index is 2.01. The lowest BCUT2D eigenvalue weighted by Gasteiger charge is -2.04. The first-order valence-corrected chi connectivity index (χ1v) is 6.88. The monoisotopic (exact) mass is 302 g/mol. The van der Waals surface area contributed by atoms with Crippen LogP contribution < -0.4 is 15.7 Å². The van der Waals surface area contributed by atoms with Gasteiger partial charge in [0, 0.05) is 23.0 Å². The third-order valence-electron chi connectivity index (χ3n) is 2.84. The van der Waals surface area contributed by atoms with Crippen molar-refractivity contribution in [2.24, 2.45) is 0 Å². The molecule has 0 aliphatic heterocycles. The van der Waals surface area contributed by atoms with Crippen LogP contribution in [-0.4, -0.2) is 18.0 Å². The fraction of sp³-hybridized carbons (Fsp3) is 0.0714. The molecule has 2 aromatic heterocycles. The van der Waals surface area contributed by atoms with Crippen molar-refractivity contribution in [3.63, 3.8) is 0 Å². The highest BCUT2D eigenvalue weighted by Crippen LogP contribution is 2.20. The first-order valence-electron chi connectivity index (χ1n) is 6.00. The van der Waals surface area contributed by atoms with Gasteiger partial charge in [0.25, 0.3) is 5.91 Å². The number of nitrogens with zero attached hydrogens (tertiary/aromatic N) is 1. The van der Waals surface area contributed by atoms with E-state index < -0.39 is 11.5 Å². The standard InChI is InChI=1S/C14H10N2O4S/c1-19-9-3-2-8-6-10(13(18)20-11(8)7-9)12(17)16-14-15-4-5-21-14/h2-7H,1H3,(H,15,16,17). The zero-order valence-corrected chi connectivity index (χ0v) is 11.8. The molecule has 0 spiro atoms. The van der Waals surface area contributed by atoms with Gasteiger partial charge in [-0.25, -0.2) is 9.78 Å². The Bertz CT molecular complexity index is 855. The molecule has 0 aliphatic carbocycles. The number of fused-ring (bicyclic) bond motifs is 1. The molecule has 0 radical (unpaired) electrons. The number of methoxy groups -OCH3 is 1. The summed E-state index contributed by atoms with van der Waals surface area (Å²) in [4.78, 5) is 27.9. The molecule has 0 saturated carbocycles. The summed E-state index contributed by atoms with van der Waals surface area (Å²) in [5, 5.41) is 5.34. The minimum absolute atomic E-state index is 0.0668. The van der Waals surface area contributed by atoms with Crippen LogP contribution in [0.1, 0.15) is 10.4 Å². The molecule has 6 nitrogen and oxygen atoms in total. The second kappa shape index (κ2) is 5.37. The van der Waals surface area contributed by atoms with Crippen molar-refractivity contribution >= 4 is 33.3 Å². The molecule has 1 aromatic carbocycles. The second-order valence-corrected chi connectivity index (χ2v) is 5.04. The Morgan fingerprint density at radius 2 is 2.24 bits per heavy atom. The highest BCUT2D eigenvalue weighted by molar-refractivity contribution is 7.13. The van der Waals surface area contributed by atoms with E-state index in [2.05, 4.69) is 10.3 Å². The molecule has 0 bridgehead atoms. The highest BCUT2D eigenvalue weighted by Gasteiger charge is 2.15. The van der Waals surface area contributed by atoms with Crippen molar-refractivity contribution in [3.8, 4) is 5.75 Å². The lowest BCUT2D eigenvalue weighted by molar-refractivity contribution is 0.102. The maximum absolute atomic E-state index is 12.1. The molecule has 106 valence electrons. The predicted molar refractivity (Wildman–Crippen MR) is 79.1 cm³/mol. The van der Waals surface area contributed by atoms with E-state index in [1.807, 2.05) is 0 Å². The Labute approximate surface area is 123 Å². The van der Waals surface area contributed by atoms with E-state index in [0.29, 0.717) is 21.9 Å². The summed E-state index contributed by atoms with van der Waals surface area (Å²) in [5.41, 5.74) is -0.405. The first kappa shape index (κ1) is 13.3. The van der Waals surface area contributed by atoms with Gasteiger partial charge in [-0.3, -0.25) is 10.1 Å². The Hall–Kier alpha value is -2.67. The normalized spacial score (nSPS) is 10.5. The zero-order chi connectivity index (χ0) is 14.8. The summed E-state index contributed by atoms with van der Waals surface area (Å²) in [5.74, 6) is 0.0297. The van der Waals surface area contributed by atoms with Crippen molar-refractivity contribution in [1.82, 2.24) is 4.98 Å². The fourth-order valence-corrected chi connectivity index (χ4v) is 2.35. The third-order valence-corrected chi connectivity index (χ3v) is 3.53. The molecule has 21 heavy (non-hydrogen) atoms. The lowest BCUT2D eigenvalue weighted by atomic mass is 10.1. The highest BCUT2D eigenvalue weighted by atomic mass is 32.1. The van der Waals surface area contributed by atoms with Gasteiger partial charge in [0.2, 0.25) is 0 Å². The second-order valence-electron chi connectivity index (χ2n) is 4.14. The molecule has 0 saturated heterocycles. The maximum Gasteiger partial charge on any atom is 0.349 e. The number of aromatic nitrogens is 1. The molecule has 1 N–H and O–H groups in total. The largest absolute Gasteiger partial charge is 0.497 e. The van der Waals surface area contributed by atoms with E-state index in [9.17, 15) is 9.59 Å². The van der Waals surface area contributed by atoms with Gasteiger partial charge in [-0.15, -0.1) is 11.3 Å². The zero-order valence-electron chi connectivity index (χ0n) is 11.0. The van der Waals surface area contributed by atoms with Gasteiger partial charge in [-0.2, -0.15) is 0 Å². The number of hydrogen-bond acceptors (Lipinski definition) is 6. The van der Waals surface area contributed by atoms with Crippen LogP contribution in [0, 0.1) is 0 Å². The maximum atomic E-state index is 12.1. The van der Waals surface area contributed by atoms with Gasteiger partial charge in [-0.05, 0) is 18.2 Å². The molecule has 7 heteroatoms. The number of amides is 1. The summed E-state index contributed by atoms with van der Waals surface area (Å²) in [7, 11) is 1.52. The van der Waals surface area contributed by atoms with Crippen molar-refractivity contribution in [2.75, 3.05) is 12.4 Å². The molecule has 0 aliphatic rings. The Morgan fingerprint density at radius 1 is 1.38 bits per heavy atom. The molecular formula is C14H10N2O4S. The number of hydrogen-bond donors (Lipinski definition) is 1. The Morgan fingerprint density at radius 3 is 2.95 bits per heavy atom. The van der Waals surface area contributed by atoms with E-state index >= 15 is 0 Å².